The van der Waals surface area contributed by atoms with Crippen LogP contribution in [0.5, 0.6) is 0 Å². The summed E-state index contributed by atoms with van der Waals surface area (Å²) in [5, 5.41) is 15.8. The number of carbonyl (C=O) groups excluding carboxylic acids is 4. The molecule has 142 valence electrons. The van der Waals surface area contributed by atoms with E-state index in [0.717, 1.165) is 10.5 Å². The number of rotatable bonds is 5. The van der Waals surface area contributed by atoms with Crippen molar-refractivity contribution in [2.75, 3.05) is 11.9 Å². The lowest BCUT2D eigenvalue weighted by Crippen LogP contribution is -2.38. The molecule has 8 nitrogen and oxygen atoms in total. The molecule has 4 amide bonds. The minimum Gasteiger partial charge on any atom is -0.545 e. The molecule has 1 saturated heterocycles. The Morgan fingerprint density at radius 2 is 1.86 bits per heavy atom. The topological polar surface area (TPSA) is 119 Å². The van der Waals surface area contributed by atoms with Crippen molar-refractivity contribution in [3.8, 4) is 0 Å². The number of urea groups is 1. The molecule has 1 aliphatic rings. The predicted octanol–water partition coefficient (Wildman–Crippen LogP) is 0.890. The van der Waals surface area contributed by atoms with Crippen molar-refractivity contribution >= 4 is 35.6 Å². The summed E-state index contributed by atoms with van der Waals surface area (Å²) in [5.41, 5.74) is 2.04. The van der Waals surface area contributed by atoms with Crippen LogP contribution in [0.15, 0.2) is 54.2 Å². The van der Waals surface area contributed by atoms with Crippen LogP contribution in [-0.4, -0.2) is 35.3 Å². The van der Waals surface area contributed by atoms with Gasteiger partial charge in [-0.1, -0.05) is 36.4 Å². The Balaban J connectivity index is 1.69. The number of imide groups is 1. The van der Waals surface area contributed by atoms with Gasteiger partial charge in [0, 0.05) is 5.69 Å². The highest BCUT2D eigenvalue weighted by Gasteiger charge is 2.34. The number of aryl methyl sites for hydroxylation is 1. The molecule has 0 unspecified atom stereocenters. The summed E-state index contributed by atoms with van der Waals surface area (Å²) in [4.78, 5) is 48.2. The zero-order chi connectivity index (χ0) is 20.3. The van der Waals surface area contributed by atoms with Crippen LogP contribution in [0, 0.1) is 6.92 Å². The van der Waals surface area contributed by atoms with Gasteiger partial charge >= 0.3 is 6.03 Å². The average Bonchev–Trinajstić information content (AvgIpc) is 2.89. The Labute approximate surface area is 160 Å². The van der Waals surface area contributed by atoms with Crippen molar-refractivity contribution in [3.05, 3.63) is 70.9 Å². The second-order valence-corrected chi connectivity index (χ2v) is 6.21. The van der Waals surface area contributed by atoms with Gasteiger partial charge in [0.1, 0.15) is 12.2 Å². The molecule has 8 heteroatoms. The predicted molar refractivity (Wildman–Crippen MR) is 98.8 cm³/mol. The summed E-state index contributed by atoms with van der Waals surface area (Å²) in [6.45, 7) is 1.45. The molecule has 28 heavy (non-hydrogen) atoms. The Morgan fingerprint density at radius 1 is 1.14 bits per heavy atom. The zero-order valence-electron chi connectivity index (χ0n) is 14.9. The minimum atomic E-state index is -1.31. The van der Waals surface area contributed by atoms with E-state index in [9.17, 15) is 24.3 Å². The number of carbonyl (C=O) groups is 4. The van der Waals surface area contributed by atoms with Crippen LogP contribution in [0.2, 0.25) is 0 Å². The molecule has 0 atom stereocenters. The molecule has 0 spiro atoms. The third kappa shape index (κ3) is 4.24. The molecule has 1 heterocycles. The van der Waals surface area contributed by atoms with Crippen molar-refractivity contribution in [1.29, 1.82) is 0 Å². The Morgan fingerprint density at radius 3 is 2.50 bits per heavy atom. The van der Waals surface area contributed by atoms with Crippen LogP contribution in [0.25, 0.3) is 6.08 Å². The maximum Gasteiger partial charge on any atom is 0.329 e. The van der Waals surface area contributed by atoms with Gasteiger partial charge in [0.05, 0.1) is 5.97 Å². The van der Waals surface area contributed by atoms with Crippen molar-refractivity contribution in [2.45, 2.75) is 6.92 Å². The van der Waals surface area contributed by atoms with Crippen molar-refractivity contribution < 1.29 is 24.3 Å². The van der Waals surface area contributed by atoms with Gasteiger partial charge < -0.3 is 20.5 Å². The SMILES string of the molecule is Cc1cccc(NC(=O)CN2C(=O)NC(=Cc3ccc(C(=O)[O-])cc3)C2=O)c1. The molecule has 0 aromatic heterocycles. The summed E-state index contributed by atoms with van der Waals surface area (Å²) in [6.07, 6.45) is 1.40. The molecule has 0 saturated carbocycles. The molecule has 3 rings (SSSR count). The molecular weight excluding hydrogens is 362 g/mol. The van der Waals surface area contributed by atoms with E-state index in [1.165, 1.54) is 30.3 Å². The Hall–Kier alpha value is -3.94. The molecule has 1 fully saturated rings. The van der Waals surface area contributed by atoms with E-state index in [0.29, 0.717) is 11.3 Å². The smallest absolute Gasteiger partial charge is 0.329 e. The fraction of sp³-hybridized carbons (Fsp3) is 0.100. The molecule has 2 N–H and O–H groups in total. The molecule has 1 aliphatic heterocycles. The molecular formula is C20H16N3O5-. The summed E-state index contributed by atoms with van der Waals surface area (Å²) in [7, 11) is 0. The number of nitrogens with one attached hydrogen (secondary N) is 2. The number of hydrogen-bond donors (Lipinski definition) is 2. The summed E-state index contributed by atoms with van der Waals surface area (Å²) < 4.78 is 0. The van der Waals surface area contributed by atoms with Gasteiger partial charge in [-0.25, -0.2) is 9.69 Å². The maximum absolute atomic E-state index is 12.4. The number of nitrogens with zero attached hydrogens (tertiary/aromatic N) is 1. The van der Waals surface area contributed by atoms with Crippen molar-refractivity contribution in [3.63, 3.8) is 0 Å². The standard InChI is InChI=1S/C20H17N3O5/c1-12-3-2-4-15(9-12)21-17(24)11-23-18(25)16(22-20(23)28)10-13-5-7-14(8-6-13)19(26)27/h2-10H,11H2,1H3,(H,21,24)(H,22,28)(H,26,27)/p-1. The van der Waals surface area contributed by atoms with Crippen LogP contribution >= 0.6 is 0 Å². The van der Waals surface area contributed by atoms with Gasteiger partial charge in [0.2, 0.25) is 5.91 Å². The highest BCUT2D eigenvalue weighted by molar-refractivity contribution is 6.15. The van der Waals surface area contributed by atoms with Gasteiger partial charge in [0.15, 0.2) is 0 Å². The van der Waals surface area contributed by atoms with E-state index in [1.54, 1.807) is 18.2 Å². The minimum absolute atomic E-state index is 0.00150. The summed E-state index contributed by atoms with van der Waals surface area (Å²) in [6, 6.07) is 12.0. The lowest BCUT2D eigenvalue weighted by atomic mass is 10.1. The van der Waals surface area contributed by atoms with Gasteiger partial charge in [-0.3, -0.25) is 9.59 Å². The van der Waals surface area contributed by atoms with Crippen molar-refractivity contribution in [1.82, 2.24) is 10.2 Å². The van der Waals surface area contributed by atoms with Gasteiger partial charge in [-0.05, 0) is 41.8 Å². The van der Waals surface area contributed by atoms with Crippen molar-refractivity contribution in [2.24, 2.45) is 0 Å². The third-order valence-electron chi connectivity index (χ3n) is 4.02. The monoisotopic (exact) mass is 378 g/mol. The Kier molecular flexibility index (Phi) is 5.21. The second-order valence-electron chi connectivity index (χ2n) is 6.21. The number of amides is 4. The lowest BCUT2D eigenvalue weighted by molar-refractivity contribution is -0.255. The molecule has 0 aliphatic carbocycles. The van der Waals surface area contributed by atoms with E-state index in [2.05, 4.69) is 10.6 Å². The first-order valence-electron chi connectivity index (χ1n) is 8.36. The molecule has 0 radical (unpaired) electrons. The quantitative estimate of drug-likeness (QED) is 0.592. The first-order chi connectivity index (χ1) is 13.3. The zero-order valence-corrected chi connectivity index (χ0v) is 14.9. The Bertz CT molecular complexity index is 995. The number of carboxylic acids is 1. The van der Waals surface area contributed by atoms with Crippen LogP contribution in [-0.2, 0) is 9.59 Å². The van der Waals surface area contributed by atoms with E-state index in [-0.39, 0.29) is 11.3 Å². The van der Waals surface area contributed by atoms with E-state index in [4.69, 9.17) is 0 Å². The fourth-order valence-electron chi connectivity index (χ4n) is 2.66. The largest absolute Gasteiger partial charge is 0.545 e. The van der Waals surface area contributed by atoms with Gasteiger partial charge in [-0.2, -0.15) is 0 Å². The fourth-order valence-corrected chi connectivity index (χ4v) is 2.66. The molecule has 0 bridgehead atoms. The third-order valence-corrected chi connectivity index (χ3v) is 4.02. The number of carboxylic acid groups (broad SMARTS) is 1. The van der Waals surface area contributed by atoms with Gasteiger partial charge in [0.25, 0.3) is 5.91 Å². The number of hydrogen-bond acceptors (Lipinski definition) is 5. The molecule has 2 aromatic carbocycles. The second kappa shape index (κ2) is 7.75. The number of aromatic carboxylic acids is 1. The van der Waals surface area contributed by atoms with Crippen LogP contribution in [0.1, 0.15) is 21.5 Å². The average molecular weight is 378 g/mol. The first-order valence-corrected chi connectivity index (χ1v) is 8.36. The first kappa shape index (κ1) is 18.8. The highest BCUT2D eigenvalue weighted by atomic mass is 16.4. The van der Waals surface area contributed by atoms with Crippen LogP contribution < -0.4 is 15.7 Å². The highest BCUT2D eigenvalue weighted by Crippen LogP contribution is 2.15. The van der Waals surface area contributed by atoms with E-state index < -0.39 is 30.4 Å². The normalized spacial score (nSPS) is 14.9. The molecule has 2 aromatic rings. The lowest BCUT2D eigenvalue weighted by Gasteiger charge is -2.12. The van der Waals surface area contributed by atoms with Crippen LogP contribution in [0.3, 0.4) is 0 Å². The maximum atomic E-state index is 12.4. The van der Waals surface area contributed by atoms with E-state index >= 15 is 0 Å². The summed E-state index contributed by atoms with van der Waals surface area (Å²) in [5.74, 6) is -2.46. The van der Waals surface area contributed by atoms with Crippen LogP contribution in [0.4, 0.5) is 10.5 Å². The number of anilines is 1. The van der Waals surface area contributed by atoms with E-state index in [1.807, 2.05) is 13.0 Å². The number of benzene rings is 2. The summed E-state index contributed by atoms with van der Waals surface area (Å²) >= 11 is 0. The van der Waals surface area contributed by atoms with Gasteiger partial charge in [-0.15, -0.1) is 0 Å².